The number of hydrogen-bond donors (Lipinski definition) is 0. The van der Waals surface area contributed by atoms with Crippen LogP contribution >= 0.6 is 0 Å². The molecule has 0 amide bonds. The van der Waals surface area contributed by atoms with Gasteiger partial charge in [0.1, 0.15) is 0 Å². The largest absolute Gasteiger partial charge is 0.380 e. The fourth-order valence-electron chi connectivity index (χ4n) is 1.04. The normalized spacial score (nSPS) is 28.6. The molecule has 0 aromatic heterocycles. The zero-order chi connectivity index (χ0) is 6.53. The molecule has 1 unspecified atom stereocenters. The fraction of sp³-hybridized carbons (Fsp3) is 0.750. The lowest BCUT2D eigenvalue weighted by Crippen LogP contribution is -2.03. The van der Waals surface area contributed by atoms with E-state index in [1.54, 1.807) is 0 Å². The molecule has 0 N–H and O–H groups in total. The smallest absolute Gasteiger partial charge is 0.0603 e. The molecule has 1 aliphatic rings. The van der Waals surface area contributed by atoms with Crippen molar-refractivity contribution in [2.45, 2.75) is 19.3 Å². The second kappa shape index (κ2) is 3.53. The maximum absolute atomic E-state index is 5.26. The molecule has 0 aliphatic carbocycles. The van der Waals surface area contributed by atoms with Gasteiger partial charge in [-0.1, -0.05) is 0 Å². The minimum atomic E-state index is 0.382. The first-order valence-electron chi connectivity index (χ1n) is 3.47. The van der Waals surface area contributed by atoms with E-state index < -0.39 is 0 Å². The summed E-state index contributed by atoms with van der Waals surface area (Å²) in [6, 6.07) is 0. The van der Waals surface area contributed by atoms with E-state index in [2.05, 4.69) is 5.92 Å². The predicted molar refractivity (Wildman–Crippen MR) is 37.0 cm³/mol. The summed E-state index contributed by atoms with van der Waals surface area (Å²) >= 11 is 0. The third kappa shape index (κ3) is 2.07. The average molecular weight is 124 g/mol. The summed E-state index contributed by atoms with van der Waals surface area (Å²) in [5.41, 5.74) is 0. The van der Waals surface area contributed by atoms with E-state index in [9.17, 15) is 0 Å². The molecule has 1 aliphatic heterocycles. The second-order valence-corrected chi connectivity index (χ2v) is 2.43. The summed E-state index contributed by atoms with van der Waals surface area (Å²) in [4.78, 5) is 0. The summed E-state index contributed by atoms with van der Waals surface area (Å²) < 4.78 is 5.26. The number of terminal acetylenes is 1. The highest BCUT2D eigenvalue weighted by molar-refractivity contribution is 4.93. The Morgan fingerprint density at radius 2 is 2.33 bits per heavy atom. The van der Waals surface area contributed by atoms with Gasteiger partial charge in [0.15, 0.2) is 0 Å². The van der Waals surface area contributed by atoms with Crippen LogP contribution in [-0.4, -0.2) is 13.2 Å². The molecule has 1 saturated heterocycles. The third-order valence-corrected chi connectivity index (χ3v) is 1.65. The van der Waals surface area contributed by atoms with Gasteiger partial charge in [-0.25, -0.2) is 0 Å². The molecule has 1 atom stereocenters. The first-order chi connectivity index (χ1) is 4.43. The Hall–Kier alpha value is -0.480. The Kier molecular flexibility index (Phi) is 2.60. The molecule has 0 spiro atoms. The lowest BCUT2D eigenvalue weighted by atomic mass is 10.1. The van der Waals surface area contributed by atoms with Gasteiger partial charge in [0, 0.05) is 12.5 Å². The Balaban J connectivity index is 2.29. The lowest BCUT2D eigenvalue weighted by Gasteiger charge is -2.02. The van der Waals surface area contributed by atoms with Crippen LogP contribution in [0.3, 0.4) is 0 Å². The van der Waals surface area contributed by atoms with Crippen molar-refractivity contribution in [1.82, 2.24) is 0 Å². The molecule has 1 heteroatoms. The maximum Gasteiger partial charge on any atom is 0.0603 e. The van der Waals surface area contributed by atoms with Crippen LogP contribution in [-0.2, 0) is 4.74 Å². The Morgan fingerprint density at radius 1 is 1.44 bits per heavy atom. The maximum atomic E-state index is 5.26. The SMILES string of the molecule is C#CC1CCCCOC1. The first kappa shape index (κ1) is 6.64. The van der Waals surface area contributed by atoms with Crippen LogP contribution in [0.4, 0.5) is 0 Å². The molecule has 0 aromatic rings. The van der Waals surface area contributed by atoms with Crippen LogP contribution in [0.1, 0.15) is 19.3 Å². The van der Waals surface area contributed by atoms with E-state index in [-0.39, 0.29) is 0 Å². The average Bonchev–Trinajstić information content (AvgIpc) is 2.13. The molecule has 1 nitrogen and oxygen atoms in total. The summed E-state index contributed by atoms with van der Waals surface area (Å²) in [6.45, 7) is 1.68. The van der Waals surface area contributed by atoms with Crippen molar-refractivity contribution in [3.05, 3.63) is 0 Å². The van der Waals surface area contributed by atoms with Gasteiger partial charge in [-0.05, 0) is 19.3 Å². The van der Waals surface area contributed by atoms with Gasteiger partial charge in [-0.3, -0.25) is 0 Å². The zero-order valence-corrected chi connectivity index (χ0v) is 5.60. The van der Waals surface area contributed by atoms with Gasteiger partial charge in [0.2, 0.25) is 0 Å². The van der Waals surface area contributed by atoms with Crippen molar-refractivity contribution in [3.63, 3.8) is 0 Å². The summed E-state index contributed by atoms with van der Waals surface area (Å²) in [5.74, 6) is 3.10. The molecule has 50 valence electrons. The summed E-state index contributed by atoms with van der Waals surface area (Å²) in [7, 11) is 0. The van der Waals surface area contributed by atoms with Crippen LogP contribution in [0.25, 0.3) is 0 Å². The van der Waals surface area contributed by atoms with E-state index in [1.807, 2.05) is 0 Å². The Bertz CT molecular complexity index is 104. The standard InChI is InChI=1S/C8H12O/c1-2-8-5-3-4-6-9-7-8/h1,8H,3-7H2. The third-order valence-electron chi connectivity index (χ3n) is 1.65. The van der Waals surface area contributed by atoms with Crippen molar-refractivity contribution in [2.24, 2.45) is 5.92 Å². The van der Waals surface area contributed by atoms with Gasteiger partial charge in [0.25, 0.3) is 0 Å². The van der Waals surface area contributed by atoms with E-state index >= 15 is 0 Å². The van der Waals surface area contributed by atoms with Gasteiger partial charge in [-0.15, -0.1) is 12.3 Å². The highest BCUT2D eigenvalue weighted by Crippen LogP contribution is 2.12. The zero-order valence-electron chi connectivity index (χ0n) is 5.60. The molecule has 1 rings (SSSR count). The fourth-order valence-corrected chi connectivity index (χ4v) is 1.04. The van der Waals surface area contributed by atoms with Gasteiger partial charge >= 0.3 is 0 Å². The first-order valence-corrected chi connectivity index (χ1v) is 3.47. The minimum absolute atomic E-state index is 0.382. The number of hydrogen-bond acceptors (Lipinski definition) is 1. The monoisotopic (exact) mass is 124 g/mol. The van der Waals surface area contributed by atoms with Crippen molar-refractivity contribution < 1.29 is 4.74 Å². The van der Waals surface area contributed by atoms with Gasteiger partial charge in [-0.2, -0.15) is 0 Å². The Labute approximate surface area is 56.4 Å². The van der Waals surface area contributed by atoms with Crippen molar-refractivity contribution in [1.29, 1.82) is 0 Å². The molecule has 0 radical (unpaired) electrons. The van der Waals surface area contributed by atoms with Crippen LogP contribution in [0.15, 0.2) is 0 Å². The van der Waals surface area contributed by atoms with E-state index in [1.165, 1.54) is 12.8 Å². The van der Waals surface area contributed by atoms with Gasteiger partial charge < -0.3 is 4.74 Å². The second-order valence-electron chi connectivity index (χ2n) is 2.43. The highest BCUT2D eigenvalue weighted by atomic mass is 16.5. The topological polar surface area (TPSA) is 9.23 Å². The van der Waals surface area contributed by atoms with Gasteiger partial charge in [0.05, 0.1) is 6.61 Å². The number of ether oxygens (including phenoxy) is 1. The van der Waals surface area contributed by atoms with Crippen LogP contribution in [0.2, 0.25) is 0 Å². The summed E-state index contributed by atoms with van der Waals surface area (Å²) in [5, 5.41) is 0. The molecule has 0 saturated carbocycles. The van der Waals surface area contributed by atoms with Crippen LogP contribution < -0.4 is 0 Å². The van der Waals surface area contributed by atoms with Crippen molar-refractivity contribution in [3.8, 4) is 12.3 Å². The molecule has 1 fully saturated rings. The van der Waals surface area contributed by atoms with E-state index in [0.717, 1.165) is 19.6 Å². The van der Waals surface area contributed by atoms with Crippen molar-refractivity contribution in [2.75, 3.05) is 13.2 Å². The quantitative estimate of drug-likeness (QED) is 0.444. The van der Waals surface area contributed by atoms with E-state index in [4.69, 9.17) is 11.2 Å². The highest BCUT2D eigenvalue weighted by Gasteiger charge is 2.07. The molecule has 1 heterocycles. The minimum Gasteiger partial charge on any atom is -0.380 e. The van der Waals surface area contributed by atoms with Crippen molar-refractivity contribution >= 4 is 0 Å². The summed E-state index contributed by atoms with van der Waals surface area (Å²) in [6.07, 6.45) is 8.80. The van der Waals surface area contributed by atoms with Crippen LogP contribution in [0.5, 0.6) is 0 Å². The molecule has 0 bridgehead atoms. The number of rotatable bonds is 0. The lowest BCUT2D eigenvalue weighted by molar-refractivity contribution is 0.130. The molecule has 9 heavy (non-hydrogen) atoms. The van der Waals surface area contributed by atoms with E-state index in [0.29, 0.717) is 5.92 Å². The molecular formula is C8H12O. The molecule has 0 aromatic carbocycles. The predicted octanol–water partition coefficient (Wildman–Crippen LogP) is 1.44. The van der Waals surface area contributed by atoms with Crippen LogP contribution in [0, 0.1) is 18.3 Å². The molecular weight excluding hydrogens is 112 g/mol. The Morgan fingerprint density at radius 3 is 3.11 bits per heavy atom.